The summed E-state index contributed by atoms with van der Waals surface area (Å²) in [5.74, 6) is 0.982. The number of unbranched alkanes of at least 4 members (excludes halogenated alkanes) is 4. The summed E-state index contributed by atoms with van der Waals surface area (Å²) in [6.45, 7) is 9.40. The molecule has 178 valence electrons. The number of nitrogens with zero attached hydrogens (tertiary/aromatic N) is 2. The first-order valence-corrected chi connectivity index (χ1v) is 11.9. The Kier molecular flexibility index (Phi) is 7.91. The quantitative estimate of drug-likeness (QED) is 0.500. The lowest BCUT2D eigenvalue weighted by molar-refractivity contribution is 0.0566. The molecule has 0 radical (unpaired) electrons. The van der Waals surface area contributed by atoms with Crippen molar-refractivity contribution in [3.8, 4) is 11.5 Å². The molecule has 1 unspecified atom stereocenters. The highest BCUT2D eigenvalue weighted by Gasteiger charge is 2.40. The van der Waals surface area contributed by atoms with Crippen LogP contribution in [0.25, 0.3) is 0 Å². The van der Waals surface area contributed by atoms with Gasteiger partial charge in [-0.1, -0.05) is 32.6 Å². The number of benzene rings is 1. The first-order valence-electron chi connectivity index (χ1n) is 11.9. The van der Waals surface area contributed by atoms with E-state index in [0.29, 0.717) is 42.4 Å². The molecule has 1 aromatic rings. The highest BCUT2D eigenvalue weighted by Crippen LogP contribution is 2.40. The fraction of sp³-hybridized carbons (Fsp3) is 0.680. The number of rotatable bonds is 8. The lowest BCUT2D eigenvalue weighted by Crippen LogP contribution is -2.43. The third-order valence-corrected chi connectivity index (χ3v) is 5.95. The highest BCUT2D eigenvalue weighted by molar-refractivity contribution is 6.05. The van der Waals surface area contributed by atoms with Crippen molar-refractivity contribution in [1.82, 2.24) is 4.90 Å². The first kappa shape index (κ1) is 24.2. The number of fused-ring (bicyclic) bond motifs is 2. The lowest BCUT2D eigenvalue weighted by Gasteiger charge is -2.29. The van der Waals surface area contributed by atoms with Crippen molar-refractivity contribution in [2.24, 2.45) is 0 Å². The number of carbonyl (C=O) groups is 2. The Labute approximate surface area is 192 Å². The van der Waals surface area contributed by atoms with Crippen LogP contribution in [0.1, 0.15) is 83.0 Å². The van der Waals surface area contributed by atoms with Gasteiger partial charge in [0.2, 0.25) is 0 Å². The summed E-state index contributed by atoms with van der Waals surface area (Å²) in [4.78, 5) is 30.0. The van der Waals surface area contributed by atoms with Crippen LogP contribution in [0, 0.1) is 0 Å². The van der Waals surface area contributed by atoms with Crippen LogP contribution in [0.2, 0.25) is 0 Å². The van der Waals surface area contributed by atoms with Crippen molar-refractivity contribution >= 4 is 17.7 Å². The molecule has 0 aliphatic carbocycles. The van der Waals surface area contributed by atoms with Gasteiger partial charge in [-0.15, -0.1) is 0 Å². The minimum absolute atomic E-state index is 0.0173. The average molecular weight is 447 g/mol. The van der Waals surface area contributed by atoms with E-state index in [1.54, 1.807) is 24.1 Å². The minimum Gasteiger partial charge on any atom is -0.493 e. The molecule has 1 fully saturated rings. The molecule has 0 aromatic heterocycles. The number of carbonyl (C=O) groups excluding carboxylic acids is 2. The number of ether oxygens (including phenoxy) is 3. The van der Waals surface area contributed by atoms with Gasteiger partial charge in [0.05, 0.1) is 31.0 Å². The smallest absolute Gasteiger partial charge is 0.414 e. The second kappa shape index (κ2) is 10.5. The summed E-state index contributed by atoms with van der Waals surface area (Å²) in [5, 5.41) is 0. The minimum atomic E-state index is -0.632. The first-order chi connectivity index (χ1) is 15.2. The maximum absolute atomic E-state index is 13.4. The van der Waals surface area contributed by atoms with Crippen molar-refractivity contribution in [3.05, 3.63) is 17.7 Å². The average Bonchev–Trinajstić information content (AvgIpc) is 3.16. The molecule has 2 heterocycles. The third kappa shape index (κ3) is 5.67. The van der Waals surface area contributed by atoms with Crippen LogP contribution in [0.4, 0.5) is 10.5 Å². The van der Waals surface area contributed by atoms with E-state index in [4.69, 9.17) is 14.2 Å². The van der Waals surface area contributed by atoms with Crippen LogP contribution in [0.15, 0.2) is 12.1 Å². The Bertz CT molecular complexity index is 817. The van der Waals surface area contributed by atoms with Gasteiger partial charge in [-0.3, -0.25) is 9.69 Å². The van der Waals surface area contributed by atoms with Gasteiger partial charge in [0.25, 0.3) is 5.91 Å². The predicted molar refractivity (Wildman–Crippen MR) is 125 cm³/mol. The Morgan fingerprint density at radius 1 is 1.12 bits per heavy atom. The molecule has 7 heteroatoms. The maximum atomic E-state index is 13.4. The number of anilines is 1. The van der Waals surface area contributed by atoms with E-state index in [9.17, 15) is 9.59 Å². The number of amides is 2. The van der Waals surface area contributed by atoms with Crippen LogP contribution in [0.5, 0.6) is 11.5 Å². The topological polar surface area (TPSA) is 68.3 Å². The van der Waals surface area contributed by atoms with Gasteiger partial charge in [0.1, 0.15) is 5.60 Å². The van der Waals surface area contributed by atoms with Crippen molar-refractivity contribution in [1.29, 1.82) is 0 Å². The molecule has 1 saturated heterocycles. The summed E-state index contributed by atoms with van der Waals surface area (Å²) in [6.07, 6.45) is 7.04. The fourth-order valence-electron chi connectivity index (χ4n) is 4.35. The molecule has 0 bridgehead atoms. The molecule has 0 spiro atoms. The standard InChI is InChI=1S/C25H38N2O5/c1-6-7-8-9-10-14-31-22-16-20-19(15-21(22)30-5)23(28)26-13-11-12-18(26)17-27(20)24(29)32-25(2,3)4/h15-16,18H,6-14,17H2,1-5H3. The van der Waals surface area contributed by atoms with E-state index in [0.717, 1.165) is 25.7 Å². The van der Waals surface area contributed by atoms with Crippen LogP contribution in [-0.2, 0) is 4.74 Å². The largest absolute Gasteiger partial charge is 0.493 e. The Morgan fingerprint density at radius 3 is 2.56 bits per heavy atom. The highest BCUT2D eigenvalue weighted by atomic mass is 16.6. The molecular formula is C25H38N2O5. The van der Waals surface area contributed by atoms with Gasteiger partial charge in [0.15, 0.2) is 11.5 Å². The van der Waals surface area contributed by atoms with Crippen molar-refractivity contribution < 1.29 is 23.8 Å². The second-order valence-corrected chi connectivity index (χ2v) is 9.67. The van der Waals surface area contributed by atoms with E-state index >= 15 is 0 Å². The number of methoxy groups -OCH3 is 1. The van der Waals surface area contributed by atoms with Crippen molar-refractivity contribution in [2.75, 3.05) is 31.7 Å². The van der Waals surface area contributed by atoms with Gasteiger partial charge in [-0.25, -0.2) is 4.79 Å². The second-order valence-electron chi connectivity index (χ2n) is 9.67. The summed E-state index contributed by atoms with van der Waals surface area (Å²) >= 11 is 0. The van der Waals surface area contributed by atoms with E-state index in [2.05, 4.69) is 6.92 Å². The zero-order valence-corrected chi connectivity index (χ0v) is 20.2. The van der Waals surface area contributed by atoms with E-state index in [1.165, 1.54) is 19.3 Å². The molecule has 0 saturated carbocycles. The Morgan fingerprint density at radius 2 is 1.88 bits per heavy atom. The SMILES string of the molecule is CCCCCCCOc1cc2c(cc1OC)C(=O)N1CCCC1CN2C(=O)OC(C)(C)C. The normalized spacial score (nSPS) is 18.2. The van der Waals surface area contributed by atoms with E-state index in [-0.39, 0.29) is 11.9 Å². The fourth-order valence-corrected chi connectivity index (χ4v) is 4.35. The van der Waals surface area contributed by atoms with Crippen molar-refractivity contribution in [3.63, 3.8) is 0 Å². The van der Waals surface area contributed by atoms with Gasteiger partial charge in [0, 0.05) is 19.2 Å². The Hall–Kier alpha value is -2.44. The summed E-state index contributed by atoms with van der Waals surface area (Å²) in [5.41, 5.74) is 0.348. The molecule has 2 aliphatic rings. The maximum Gasteiger partial charge on any atom is 0.414 e. The van der Waals surface area contributed by atoms with E-state index in [1.807, 2.05) is 25.7 Å². The number of hydrogen-bond donors (Lipinski definition) is 0. The van der Waals surface area contributed by atoms with Crippen LogP contribution >= 0.6 is 0 Å². The van der Waals surface area contributed by atoms with Gasteiger partial charge in [-0.05, 0) is 46.1 Å². The molecule has 1 atom stereocenters. The summed E-state index contributed by atoms with van der Waals surface area (Å²) in [7, 11) is 1.57. The molecule has 2 aliphatic heterocycles. The van der Waals surface area contributed by atoms with Gasteiger partial charge < -0.3 is 19.1 Å². The van der Waals surface area contributed by atoms with Gasteiger partial charge in [-0.2, -0.15) is 0 Å². The van der Waals surface area contributed by atoms with Crippen LogP contribution in [-0.4, -0.2) is 55.3 Å². The molecule has 3 rings (SSSR count). The molecular weight excluding hydrogens is 408 g/mol. The third-order valence-electron chi connectivity index (χ3n) is 5.95. The zero-order valence-electron chi connectivity index (χ0n) is 20.2. The molecule has 2 amide bonds. The monoisotopic (exact) mass is 446 g/mol. The molecule has 0 N–H and O–H groups in total. The molecule has 1 aromatic carbocycles. The number of hydrogen-bond acceptors (Lipinski definition) is 5. The lowest BCUT2D eigenvalue weighted by atomic mass is 10.1. The zero-order chi connectivity index (χ0) is 23.3. The molecule has 7 nitrogen and oxygen atoms in total. The van der Waals surface area contributed by atoms with E-state index < -0.39 is 11.7 Å². The summed E-state index contributed by atoms with van der Waals surface area (Å²) in [6, 6.07) is 3.46. The van der Waals surface area contributed by atoms with Crippen LogP contribution < -0.4 is 14.4 Å². The van der Waals surface area contributed by atoms with Crippen LogP contribution in [0.3, 0.4) is 0 Å². The molecule has 32 heavy (non-hydrogen) atoms. The van der Waals surface area contributed by atoms with Crippen molar-refractivity contribution in [2.45, 2.75) is 84.3 Å². The summed E-state index contributed by atoms with van der Waals surface area (Å²) < 4.78 is 17.3. The predicted octanol–water partition coefficient (Wildman–Crippen LogP) is 5.40. The van der Waals surface area contributed by atoms with Gasteiger partial charge >= 0.3 is 6.09 Å². The Balaban J connectivity index is 1.91.